The van der Waals surface area contributed by atoms with Crippen LogP contribution in [0.25, 0.3) is 0 Å². The van der Waals surface area contributed by atoms with E-state index in [1.807, 2.05) is 24.3 Å². The molecule has 1 amide bonds. The fourth-order valence-electron chi connectivity index (χ4n) is 1.92. The Balaban J connectivity index is 2.10. The molecule has 0 aliphatic heterocycles. The Bertz CT molecular complexity index is 647. The van der Waals surface area contributed by atoms with E-state index in [4.69, 9.17) is 10.6 Å². The molecule has 0 aliphatic rings. The highest BCUT2D eigenvalue weighted by atomic mass is 19.1. The number of nitrogens with one attached hydrogen (secondary N) is 2. The lowest BCUT2D eigenvalue weighted by atomic mass is 10.1. The van der Waals surface area contributed by atoms with E-state index in [1.54, 1.807) is 7.11 Å². The standard InChI is InChI=1S/C15H16FN3O2/c1-21-11-5-2-4-10(8-11)9-18-15(20)12-6-3-7-13(16)14(12)19-17/h2-8,19H,9,17H2,1H3,(H,18,20). The van der Waals surface area contributed by atoms with Gasteiger partial charge in [-0.15, -0.1) is 0 Å². The first kappa shape index (κ1) is 14.8. The molecular weight excluding hydrogens is 273 g/mol. The smallest absolute Gasteiger partial charge is 0.253 e. The van der Waals surface area contributed by atoms with E-state index in [2.05, 4.69) is 10.7 Å². The van der Waals surface area contributed by atoms with Gasteiger partial charge in [0.05, 0.1) is 18.4 Å². The van der Waals surface area contributed by atoms with E-state index in [0.29, 0.717) is 12.3 Å². The van der Waals surface area contributed by atoms with Gasteiger partial charge in [0.2, 0.25) is 0 Å². The maximum Gasteiger partial charge on any atom is 0.253 e. The van der Waals surface area contributed by atoms with Gasteiger partial charge in [0.25, 0.3) is 5.91 Å². The minimum absolute atomic E-state index is 0.0272. The van der Waals surface area contributed by atoms with Gasteiger partial charge < -0.3 is 15.5 Å². The molecule has 2 rings (SSSR count). The molecule has 4 N–H and O–H groups in total. The van der Waals surface area contributed by atoms with Gasteiger partial charge in [-0.25, -0.2) is 4.39 Å². The molecule has 6 heteroatoms. The van der Waals surface area contributed by atoms with Crippen molar-refractivity contribution in [2.75, 3.05) is 12.5 Å². The molecule has 0 saturated heterocycles. The number of nitrogens with two attached hydrogens (primary N) is 1. The quantitative estimate of drug-likeness (QED) is 0.581. The molecule has 5 nitrogen and oxygen atoms in total. The van der Waals surface area contributed by atoms with E-state index in [-0.39, 0.29) is 11.3 Å². The molecule has 0 saturated carbocycles. The van der Waals surface area contributed by atoms with Crippen LogP contribution in [0.2, 0.25) is 0 Å². The van der Waals surface area contributed by atoms with Gasteiger partial charge in [-0.2, -0.15) is 0 Å². The van der Waals surface area contributed by atoms with Crippen LogP contribution in [-0.2, 0) is 6.54 Å². The van der Waals surface area contributed by atoms with Gasteiger partial charge in [-0.3, -0.25) is 10.6 Å². The van der Waals surface area contributed by atoms with Crippen molar-refractivity contribution in [2.24, 2.45) is 5.84 Å². The second-order valence-corrected chi connectivity index (χ2v) is 4.34. The highest BCUT2D eigenvalue weighted by Gasteiger charge is 2.14. The first-order valence-electron chi connectivity index (χ1n) is 6.32. The largest absolute Gasteiger partial charge is 0.497 e. The lowest BCUT2D eigenvalue weighted by Gasteiger charge is -2.11. The molecule has 0 bridgehead atoms. The van der Waals surface area contributed by atoms with Crippen molar-refractivity contribution in [3.63, 3.8) is 0 Å². The number of rotatable bonds is 5. The molecular formula is C15H16FN3O2. The highest BCUT2D eigenvalue weighted by Crippen LogP contribution is 2.19. The summed E-state index contributed by atoms with van der Waals surface area (Å²) in [4.78, 5) is 12.1. The van der Waals surface area contributed by atoms with Crippen LogP contribution < -0.4 is 21.3 Å². The molecule has 0 aromatic heterocycles. The summed E-state index contributed by atoms with van der Waals surface area (Å²) in [5, 5.41) is 2.71. The molecule has 0 unspecified atom stereocenters. The second kappa shape index (κ2) is 6.71. The average molecular weight is 289 g/mol. The molecule has 0 heterocycles. The van der Waals surface area contributed by atoms with Gasteiger partial charge in [-0.05, 0) is 29.8 Å². The predicted molar refractivity (Wildman–Crippen MR) is 78.4 cm³/mol. The summed E-state index contributed by atoms with van der Waals surface area (Å²) in [6.07, 6.45) is 0. The van der Waals surface area contributed by atoms with Crippen LogP contribution in [0.15, 0.2) is 42.5 Å². The number of halogens is 1. The second-order valence-electron chi connectivity index (χ2n) is 4.34. The summed E-state index contributed by atoms with van der Waals surface area (Å²) in [6, 6.07) is 11.5. The van der Waals surface area contributed by atoms with E-state index in [9.17, 15) is 9.18 Å². The number of methoxy groups -OCH3 is 1. The monoisotopic (exact) mass is 289 g/mol. The van der Waals surface area contributed by atoms with Gasteiger partial charge in [0.15, 0.2) is 0 Å². The minimum atomic E-state index is -0.577. The summed E-state index contributed by atoms with van der Waals surface area (Å²) in [6.45, 7) is 0.302. The Labute approximate surface area is 121 Å². The van der Waals surface area contributed by atoms with E-state index in [0.717, 1.165) is 5.56 Å². The average Bonchev–Trinajstić information content (AvgIpc) is 2.52. The first-order valence-corrected chi connectivity index (χ1v) is 6.32. The Morgan fingerprint density at radius 2 is 2.05 bits per heavy atom. The highest BCUT2D eigenvalue weighted by molar-refractivity contribution is 5.99. The number of para-hydroxylation sites is 1. The normalized spacial score (nSPS) is 10.0. The molecule has 2 aromatic carbocycles. The van der Waals surface area contributed by atoms with Gasteiger partial charge in [-0.1, -0.05) is 18.2 Å². The fraction of sp³-hybridized carbons (Fsp3) is 0.133. The topological polar surface area (TPSA) is 76.4 Å². The maximum absolute atomic E-state index is 13.5. The fourth-order valence-corrected chi connectivity index (χ4v) is 1.92. The van der Waals surface area contributed by atoms with Crippen LogP contribution in [0.1, 0.15) is 15.9 Å². The van der Waals surface area contributed by atoms with Crippen LogP contribution in [0.5, 0.6) is 5.75 Å². The summed E-state index contributed by atoms with van der Waals surface area (Å²) >= 11 is 0. The zero-order valence-corrected chi connectivity index (χ0v) is 11.5. The first-order chi connectivity index (χ1) is 10.2. The Morgan fingerprint density at radius 3 is 2.76 bits per heavy atom. The summed E-state index contributed by atoms with van der Waals surface area (Å²) in [5.41, 5.74) is 3.21. The third-order valence-corrected chi connectivity index (χ3v) is 2.99. The number of benzene rings is 2. The van der Waals surface area contributed by atoms with E-state index >= 15 is 0 Å². The number of ether oxygens (including phenoxy) is 1. The number of anilines is 1. The van der Waals surface area contributed by atoms with Crippen LogP contribution in [0.4, 0.5) is 10.1 Å². The van der Waals surface area contributed by atoms with Crippen LogP contribution in [-0.4, -0.2) is 13.0 Å². The molecule has 0 radical (unpaired) electrons. The summed E-state index contributed by atoms with van der Waals surface area (Å²) < 4.78 is 18.6. The van der Waals surface area contributed by atoms with Crippen molar-refractivity contribution < 1.29 is 13.9 Å². The summed E-state index contributed by atoms with van der Waals surface area (Å²) in [5.74, 6) is 4.96. The lowest BCUT2D eigenvalue weighted by molar-refractivity contribution is 0.0951. The molecule has 0 atom stereocenters. The van der Waals surface area contributed by atoms with E-state index in [1.165, 1.54) is 18.2 Å². The SMILES string of the molecule is COc1cccc(CNC(=O)c2cccc(F)c2NN)c1. The molecule has 21 heavy (non-hydrogen) atoms. The lowest BCUT2D eigenvalue weighted by Crippen LogP contribution is -2.25. The molecule has 0 spiro atoms. The Hall–Kier alpha value is -2.60. The van der Waals surface area contributed by atoms with E-state index < -0.39 is 11.7 Å². The third kappa shape index (κ3) is 3.49. The number of carbonyl (C=O) groups is 1. The van der Waals surface area contributed by atoms with Crippen LogP contribution >= 0.6 is 0 Å². The predicted octanol–water partition coefficient (Wildman–Crippen LogP) is 2.05. The van der Waals surface area contributed by atoms with Crippen molar-refractivity contribution in [3.8, 4) is 5.75 Å². The molecule has 110 valence electrons. The maximum atomic E-state index is 13.5. The summed E-state index contributed by atoms with van der Waals surface area (Å²) in [7, 11) is 1.57. The number of nitrogen functional groups attached to an aromatic ring is 1. The van der Waals surface area contributed by atoms with Crippen molar-refractivity contribution in [2.45, 2.75) is 6.54 Å². The molecule has 0 aliphatic carbocycles. The van der Waals surface area contributed by atoms with Gasteiger partial charge in [0, 0.05) is 6.54 Å². The van der Waals surface area contributed by atoms with Gasteiger partial charge in [0.1, 0.15) is 11.6 Å². The Morgan fingerprint density at radius 1 is 1.29 bits per heavy atom. The van der Waals surface area contributed by atoms with Crippen LogP contribution in [0, 0.1) is 5.82 Å². The number of carbonyl (C=O) groups excluding carboxylic acids is 1. The Kier molecular flexibility index (Phi) is 4.73. The van der Waals surface area contributed by atoms with Crippen molar-refractivity contribution >= 4 is 11.6 Å². The molecule has 0 fully saturated rings. The zero-order valence-electron chi connectivity index (χ0n) is 11.5. The number of hydrogen-bond donors (Lipinski definition) is 3. The minimum Gasteiger partial charge on any atom is -0.497 e. The zero-order chi connectivity index (χ0) is 15.2. The van der Waals surface area contributed by atoms with Crippen molar-refractivity contribution in [1.82, 2.24) is 5.32 Å². The number of hydrazine groups is 1. The van der Waals surface area contributed by atoms with Crippen molar-refractivity contribution in [3.05, 3.63) is 59.4 Å². The number of hydrogen-bond acceptors (Lipinski definition) is 4. The van der Waals surface area contributed by atoms with Crippen molar-refractivity contribution in [1.29, 1.82) is 0 Å². The molecule has 2 aromatic rings. The van der Waals surface area contributed by atoms with Gasteiger partial charge >= 0.3 is 0 Å². The third-order valence-electron chi connectivity index (χ3n) is 2.99. The number of amides is 1. The van der Waals surface area contributed by atoms with Crippen LogP contribution in [0.3, 0.4) is 0 Å².